The molecule has 2 saturated carbocycles. The summed E-state index contributed by atoms with van der Waals surface area (Å²) in [5.41, 5.74) is -0.102. The zero-order valence-corrected chi connectivity index (χ0v) is 11.2. The molecule has 0 spiro atoms. The van der Waals surface area contributed by atoms with Crippen LogP contribution in [0.25, 0.3) is 0 Å². The standard InChI is InChI=1S/C15H26O2/c1-2-17-14(16)15(11-7-4-8-12-15)13-9-5-3-6-10-13/h13H,2-12H2,1H3. The Morgan fingerprint density at radius 3 is 2.24 bits per heavy atom. The van der Waals surface area contributed by atoms with Gasteiger partial charge in [0.25, 0.3) is 0 Å². The van der Waals surface area contributed by atoms with E-state index in [1.807, 2.05) is 6.92 Å². The van der Waals surface area contributed by atoms with Gasteiger partial charge in [-0.15, -0.1) is 0 Å². The van der Waals surface area contributed by atoms with Gasteiger partial charge in [-0.05, 0) is 38.5 Å². The first-order valence-corrected chi connectivity index (χ1v) is 7.47. The summed E-state index contributed by atoms with van der Waals surface area (Å²) >= 11 is 0. The molecule has 2 nitrogen and oxygen atoms in total. The maximum Gasteiger partial charge on any atom is 0.312 e. The van der Waals surface area contributed by atoms with E-state index in [0.29, 0.717) is 12.5 Å². The lowest BCUT2D eigenvalue weighted by Gasteiger charge is -2.43. The predicted molar refractivity (Wildman–Crippen MR) is 68.7 cm³/mol. The molecule has 0 amide bonds. The van der Waals surface area contributed by atoms with E-state index in [9.17, 15) is 4.79 Å². The van der Waals surface area contributed by atoms with E-state index in [0.717, 1.165) is 12.8 Å². The minimum absolute atomic E-state index is 0.102. The summed E-state index contributed by atoms with van der Waals surface area (Å²) in [6, 6.07) is 0. The minimum Gasteiger partial charge on any atom is -0.466 e. The highest BCUT2D eigenvalue weighted by Crippen LogP contribution is 2.49. The smallest absolute Gasteiger partial charge is 0.312 e. The van der Waals surface area contributed by atoms with Crippen molar-refractivity contribution < 1.29 is 9.53 Å². The summed E-state index contributed by atoms with van der Waals surface area (Å²) in [7, 11) is 0. The Labute approximate surface area is 105 Å². The Bertz CT molecular complexity index is 248. The normalized spacial score (nSPS) is 25.5. The van der Waals surface area contributed by atoms with Crippen molar-refractivity contribution in [1.82, 2.24) is 0 Å². The average Bonchev–Trinajstić information content (AvgIpc) is 2.41. The number of rotatable bonds is 3. The number of hydrogen-bond acceptors (Lipinski definition) is 2. The molecule has 0 radical (unpaired) electrons. The van der Waals surface area contributed by atoms with Crippen molar-refractivity contribution in [2.45, 2.75) is 71.1 Å². The van der Waals surface area contributed by atoms with Crippen LogP contribution in [0.4, 0.5) is 0 Å². The van der Waals surface area contributed by atoms with Gasteiger partial charge in [0.1, 0.15) is 0 Å². The molecule has 0 aromatic heterocycles. The summed E-state index contributed by atoms with van der Waals surface area (Å²) in [6.07, 6.45) is 12.4. The molecule has 2 aliphatic carbocycles. The number of ether oxygens (including phenoxy) is 1. The van der Waals surface area contributed by atoms with Crippen LogP contribution in [0.5, 0.6) is 0 Å². The van der Waals surface area contributed by atoms with Crippen LogP contribution in [0.2, 0.25) is 0 Å². The molecule has 2 rings (SSSR count). The number of carbonyl (C=O) groups is 1. The molecule has 0 unspecified atom stereocenters. The lowest BCUT2D eigenvalue weighted by molar-refractivity contribution is -0.163. The van der Waals surface area contributed by atoms with Crippen molar-refractivity contribution in [3.05, 3.63) is 0 Å². The van der Waals surface area contributed by atoms with Gasteiger partial charge in [0.15, 0.2) is 0 Å². The molecule has 98 valence electrons. The lowest BCUT2D eigenvalue weighted by Crippen LogP contribution is -2.42. The van der Waals surface area contributed by atoms with E-state index in [4.69, 9.17) is 4.74 Å². The van der Waals surface area contributed by atoms with Crippen LogP contribution in [0.1, 0.15) is 71.1 Å². The second kappa shape index (κ2) is 5.88. The molecule has 0 aromatic rings. The van der Waals surface area contributed by atoms with Gasteiger partial charge in [0, 0.05) is 0 Å². The Balaban J connectivity index is 2.12. The molecule has 0 saturated heterocycles. The predicted octanol–water partition coefficient (Wildman–Crippen LogP) is 4.08. The quantitative estimate of drug-likeness (QED) is 0.692. The Hall–Kier alpha value is -0.530. The number of esters is 1. The topological polar surface area (TPSA) is 26.3 Å². The van der Waals surface area contributed by atoms with Crippen LogP contribution in [0, 0.1) is 11.3 Å². The Kier molecular flexibility index (Phi) is 4.47. The third-order valence-corrected chi connectivity index (χ3v) is 4.81. The van der Waals surface area contributed by atoms with Gasteiger partial charge >= 0.3 is 5.97 Å². The molecule has 0 aromatic carbocycles. The summed E-state index contributed by atoms with van der Waals surface area (Å²) in [5, 5.41) is 0. The molecule has 0 aliphatic heterocycles. The van der Waals surface area contributed by atoms with E-state index in [-0.39, 0.29) is 11.4 Å². The molecule has 0 atom stereocenters. The van der Waals surface area contributed by atoms with Crippen molar-refractivity contribution in [3.63, 3.8) is 0 Å². The monoisotopic (exact) mass is 238 g/mol. The molecule has 2 heteroatoms. The van der Waals surface area contributed by atoms with E-state index < -0.39 is 0 Å². The van der Waals surface area contributed by atoms with E-state index in [1.54, 1.807) is 0 Å². The second-order valence-electron chi connectivity index (χ2n) is 5.77. The molecule has 0 heterocycles. The van der Waals surface area contributed by atoms with Crippen molar-refractivity contribution in [2.24, 2.45) is 11.3 Å². The summed E-state index contributed by atoms with van der Waals surface area (Å²) in [4.78, 5) is 12.4. The van der Waals surface area contributed by atoms with Crippen molar-refractivity contribution in [2.75, 3.05) is 6.61 Å². The van der Waals surface area contributed by atoms with Crippen molar-refractivity contribution in [3.8, 4) is 0 Å². The second-order valence-corrected chi connectivity index (χ2v) is 5.77. The zero-order chi connectivity index (χ0) is 12.1. The van der Waals surface area contributed by atoms with Gasteiger partial charge in [0.2, 0.25) is 0 Å². The fourth-order valence-electron chi connectivity index (χ4n) is 3.89. The van der Waals surface area contributed by atoms with Gasteiger partial charge in [-0.3, -0.25) is 4.79 Å². The molecule has 0 bridgehead atoms. The van der Waals surface area contributed by atoms with E-state index in [2.05, 4.69) is 0 Å². The van der Waals surface area contributed by atoms with Gasteiger partial charge in [-0.25, -0.2) is 0 Å². The highest BCUT2D eigenvalue weighted by atomic mass is 16.5. The minimum atomic E-state index is -0.102. The van der Waals surface area contributed by atoms with Gasteiger partial charge in [0.05, 0.1) is 12.0 Å². The van der Waals surface area contributed by atoms with Gasteiger partial charge < -0.3 is 4.74 Å². The van der Waals surface area contributed by atoms with Crippen LogP contribution in [0.3, 0.4) is 0 Å². The molecule has 17 heavy (non-hydrogen) atoms. The Morgan fingerprint density at radius 1 is 1.06 bits per heavy atom. The molecule has 2 aliphatic rings. The van der Waals surface area contributed by atoms with Crippen molar-refractivity contribution >= 4 is 5.97 Å². The largest absolute Gasteiger partial charge is 0.466 e. The van der Waals surface area contributed by atoms with Gasteiger partial charge in [-0.2, -0.15) is 0 Å². The fourth-order valence-corrected chi connectivity index (χ4v) is 3.89. The third-order valence-electron chi connectivity index (χ3n) is 4.81. The van der Waals surface area contributed by atoms with Crippen LogP contribution >= 0.6 is 0 Å². The summed E-state index contributed by atoms with van der Waals surface area (Å²) in [6.45, 7) is 2.46. The number of carbonyl (C=O) groups excluding carboxylic acids is 1. The van der Waals surface area contributed by atoms with Gasteiger partial charge in [-0.1, -0.05) is 38.5 Å². The van der Waals surface area contributed by atoms with Crippen LogP contribution < -0.4 is 0 Å². The first kappa shape index (κ1) is 12.9. The van der Waals surface area contributed by atoms with Crippen LogP contribution in [-0.2, 0) is 9.53 Å². The number of hydrogen-bond donors (Lipinski definition) is 0. The van der Waals surface area contributed by atoms with E-state index >= 15 is 0 Å². The maximum atomic E-state index is 12.4. The molecule has 2 fully saturated rings. The van der Waals surface area contributed by atoms with Crippen LogP contribution in [-0.4, -0.2) is 12.6 Å². The lowest BCUT2D eigenvalue weighted by atomic mass is 9.62. The molecular formula is C15H26O2. The van der Waals surface area contributed by atoms with Crippen molar-refractivity contribution in [1.29, 1.82) is 0 Å². The zero-order valence-electron chi connectivity index (χ0n) is 11.2. The highest BCUT2D eigenvalue weighted by Gasteiger charge is 2.47. The summed E-state index contributed by atoms with van der Waals surface area (Å²) < 4.78 is 5.40. The maximum absolute atomic E-state index is 12.4. The first-order valence-electron chi connectivity index (χ1n) is 7.47. The third kappa shape index (κ3) is 2.66. The Morgan fingerprint density at radius 2 is 1.65 bits per heavy atom. The highest BCUT2D eigenvalue weighted by molar-refractivity contribution is 5.77. The first-order chi connectivity index (χ1) is 8.29. The molecule has 0 N–H and O–H groups in total. The molecular weight excluding hydrogens is 212 g/mol. The summed E-state index contributed by atoms with van der Waals surface area (Å²) in [5.74, 6) is 0.724. The average molecular weight is 238 g/mol. The van der Waals surface area contributed by atoms with Crippen LogP contribution in [0.15, 0.2) is 0 Å². The van der Waals surface area contributed by atoms with E-state index in [1.165, 1.54) is 51.4 Å². The fraction of sp³-hybridized carbons (Fsp3) is 0.933. The SMILES string of the molecule is CCOC(=O)C1(C2CCCCC2)CCCCC1.